The van der Waals surface area contributed by atoms with Crippen molar-refractivity contribution in [3.63, 3.8) is 0 Å². The van der Waals surface area contributed by atoms with Crippen LogP contribution in [0.4, 0.5) is 10.2 Å². The molecule has 0 atom stereocenters. The lowest BCUT2D eigenvalue weighted by molar-refractivity contribution is -0.116. The zero-order valence-electron chi connectivity index (χ0n) is 19.1. The van der Waals surface area contributed by atoms with Crippen LogP contribution >= 0.6 is 23.2 Å². The number of carbonyl (C=O) groups excluding carboxylic acids is 1. The molecule has 3 rings (SSSR count). The third-order valence-corrected chi connectivity index (χ3v) is 7.69. The minimum Gasteiger partial charge on any atom is -0.309 e. The molecule has 0 saturated carbocycles. The van der Waals surface area contributed by atoms with Crippen LogP contribution in [0, 0.1) is 5.82 Å². The largest absolute Gasteiger partial charge is 0.309 e. The van der Waals surface area contributed by atoms with Gasteiger partial charge in [0.1, 0.15) is 11.6 Å². The van der Waals surface area contributed by atoms with Crippen LogP contribution in [0.1, 0.15) is 33.4 Å². The number of sulfonamides is 1. The SMILES string of the molecule is CCN(CC(=O)Nc1cc(C(C)(C)C)nn1-c1ccc(Cl)c(Cl)c1)S(=O)(=O)c1ccc(F)cc1. The molecular weight excluding hydrogens is 502 g/mol. The molecule has 2 aromatic carbocycles. The lowest BCUT2D eigenvalue weighted by Gasteiger charge is -2.20. The average molecular weight is 527 g/mol. The Morgan fingerprint density at radius 1 is 1.09 bits per heavy atom. The van der Waals surface area contributed by atoms with Crippen LogP contribution in [0.5, 0.6) is 0 Å². The number of hydrogen-bond donors (Lipinski definition) is 1. The summed E-state index contributed by atoms with van der Waals surface area (Å²) in [6.07, 6.45) is 0. The van der Waals surface area contributed by atoms with Gasteiger partial charge in [-0.05, 0) is 42.5 Å². The van der Waals surface area contributed by atoms with E-state index in [4.69, 9.17) is 23.2 Å². The summed E-state index contributed by atoms with van der Waals surface area (Å²) in [5.41, 5.74) is 0.967. The highest BCUT2D eigenvalue weighted by Gasteiger charge is 2.27. The predicted octanol–water partition coefficient (Wildman–Crippen LogP) is 5.27. The zero-order chi connectivity index (χ0) is 25.3. The Kier molecular flexibility index (Phi) is 7.72. The van der Waals surface area contributed by atoms with E-state index in [1.807, 2.05) is 20.8 Å². The number of carbonyl (C=O) groups is 1. The van der Waals surface area contributed by atoms with Crippen molar-refractivity contribution < 1.29 is 17.6 Å². The maximum atomic E-state index is 13.2. The summed E-state index contributed by atoms with van der Waals surface area (Å²) in [6.45, 7) is 7.17. The first-order chi connectivity index (χ1) is 15.8. The number of aromatic nitrogens is 2. The van der Waals surface area contributed by atoms with Crippen LogP contribution in [0.2, 0.25) is 10.0 Å². The first-order valence-electron chi connectivity index (χ1n) is 10.4. The number of nitrogens with zero attached hydrogens (tertiary/aromatic N) is 3. The molecule has 1 heterocycles. The molecule has 34 heavy (non-hydrogen) atoms. The van der Waals surface area contributed by atoms with E-state index in [1.54, 1.807) is 31.2 Å². The molecule has 0 bridgehead atoms. The van der Waals surface area contributed by atoms with Crippen LogP contribution in [-0.4, -0.2) is 41.5 Å². The standard InChI is InChI=1S/C23H25Cl2FN4O3S/c1-5-29(34(32,33)17-9-6-15(26)7-10-17)14-22(31)27-21-13-20(23(2,3)4)28-30(21)16-8-11-18(24)19(25)12-16/h6-13H,5,14H2,1-4H3,(H,27,31). The highest BCUT2D eigenvalue weighted by atomic mass is 35.5. The van der Waals surface area contributed by atoms with Crippen molar-refractivity contribution in [2.24, 2.45) is 0 Å². The number of amides is 1. The first-order valence-corrected chi connectivity index (χ1v) is 12.6. The van der Waals surface area contributed by atoms with Gasteiger partial charge in [0.05, 0.1) is 32.9 Å². The summed E-state index contributed by atoms with van der Waals surface area (Å²) in [4.78, 5) is 12.8. The van der Waals surface area contributed by atoms with Crippen molar-refractivity contribution in [3.05, 3.63) is 70.1 Å². The molecule has 11 heteroatoms. The van der Waals surface area contributed by atoms with Crippen LogP contribution in [0.25, 0.3) is 5.69 Å². The first kappa shape index (κ1) is 26.2. The molecule has 0 fully saturated rings. The Bertz CT molecular complexity index is 1300. The monoisotopic (exact) mass is 526 g/mol. The number of likely N-dealkylation sites (N-methyl/N-ethyl adjacent to an activating group) is 1. The van der Waals surface area contributed by atoms with Crippen LogP contribution in [-0.2, 0) is 20.2 Å². The fourth-order valence-electron chi connectivity index (χ4n) is 3.12. The fourth-order valence-corrected chi connectivity index (χ4v) is 4.81. The minimum absolute atomic E-state index is 0.0480. The van der Waals surface area contributed by atoms with Gasteiger partial charge in [0.25, 0.3) is 0 Å². The molecular formula is C23H25Cl2FN4O3S. The Hall–Kier alpha value is -2.46. The van der Waals surface area contributed by atoms with Crippen molar-refractivity contribution >= 4 is 45.0 Å². The van der Waals surface area contributed by atoms with Crippen molar-refractivity contribution in [1.29, 1.82) is 0 Å². The maximum Gasteiger partial charge on any atom is 0.243 e. The normalized spacial score (nSPS) is 12.2. The highest BCUT2D eigenvalue weighted by Crippen LogP contribution is 2.29. The zero-order valence-corrected chi connectivity index (χ0v) is 21.5. The van der Waals surface area contributed by atoms with Crippen molar-refractivity contribution in [2.75, 3.05) is 18.4 Å². The quantitative estimate of drug-likeness (QED) is 0.454. The van der Waals surface area contributed by atoms with Crippen LogP contribution in [0.15, 0.2) is 53.4 Å². The van der Waals surface area contributed by atoms with E-state index in [0.29, 0.717) is 27.2 Å². The van der Waals surface area contributed by atoms with E-state index in [9.17, 15) is 17.6 Å². The molecule has 0 saturated heterocycles. The number of halogens is 3. The number of nitrogens with one attached hydrogen (secondary N) is 1. The molecule has 7 nitrogen and oxygen atoms in total. The Morgan fingerprint density at radius 2 is 1.74 bits per heavy atom. The Labute approximate surface area is 208 Å². The summed E-state index contributed by atoms with van der Waals surface area (Å²) in [6, 6.07) is 11.1. The van der Waals surface area contributed by atoms with Crippen LogP contribution in [0.3, 0.4) is 0 Å². The fraction of sp³-hybridized carbons (Fsp3) is 0.304. The lowest BCUT2D eigenvalue weighted by atomic mass is 9.92. The van der Waals surface area contributed by atoms with E-state index in [-0.39, 0.29) is 16.9 Å². The van der Waals surface area contributed by atoms with Crippen molar-refractivity contribution in [2.45, 2.75) is 38.0 Å². The summed E-state index contributed by atoms with van der Waals surface area (Å²) in [7, 11) is -3.99. The van der Waals surface area contributed by atoms with Gasteiger partial charge >= 0.3 is 0 Å². The third kappa shape index (κ3) is 5.78. The van der Waals surface area contributed by atoms with Gasteiger partial charge in [-0.25, -0.2) is 17.5 Å². The van der Waals surface area contributed by atoms with Gasteiger partial charge < -0.3 is 5.32 Å². The lowest BCUT2D eigenvalue weighted by Crippen LogP contribution is -2.38. The Balaban J connectivity index is 1.90. The molecule has 0 spiro atoms. The van der Waals surface area contributed by atoms with E-state index in [1.165, 1.54) is 16.8 Å². The van der Waals surface area contributed by atoms with Gasteiger partial charge in [-0.1, -0.05) is 50.9 Å². The third-order valence-electron chi connectivity index (χ3n) is 5.02. The second-order valence-electron chi connectivity index (χ2n) is 8.61. The van der Waals surface area contributed by atoms with Crippen molar-refractivity contribution in [3.8, 4) is 5.69 Å². The number of anilines is 1. The summed E-state index contributed by atoms with van der Waals surface area (Å²) >= 11 is 12.2. The molecule has 0 aliphatic carbocycles. The van der Waals surface area contributed by atoms with Gasteiger partial charge in [0, 0.05) is 18.0 Å². The van der Waals surface area contributed by atoms with Gasteiger partial charge in [0.2, 0.25) is 15.9 Å². The molecule has 1 N–H and O–H groups in total. The number of benzene rings is 2. The van der Waals surface area contributed by atoms with Gasteiger partial charge in [-0.2, -0.15) is 9.40 Å². The summed E-state index contributed by atoms with van der Waals surface area (Å²) in [5.74, 6) is -0.761. The van der Waals surface area contributed by atoms with Crippen molar-refractivity contribution in [1.82, 2.24) is 14.1 Å². The summed E-state index contributed by atoms with van der Waals surface area (Å²) in [5, 5.41) is 8.07. The molecule has 3 aromatic rings. The van der Waals surface area contributed by atoms with E-state index >= 15 is 0 Å². The van der Waals surface area contributed by atoms with Gasteiger partial charge in [-0.3, -0.25) is 4.79 Å². The number of hydrogen-bond acceptors (Lipinski definition) is 4. The maximum absolute atomic E-state index is 13.2. The number of rotatable bonds is 7. The second kappa shape index (κ2) is 10.0. The Morgan fingerprint density at radius 3 is 2.29 bits per heavy atom. The van der Waals surface area contributed by atoms with E-state index in [0.717, 1.165) is 16.4 Å². The smallest absolute Gasteiger partial charge is 0.243 e. The average Bonchev–Trinajstić information content (AvgIpc) is 3.18. The van der Waals surface area contributed by atoms with Gasteiger partial charge in [-0.15, -0.1) is 0 Å². The van der Waals surface area contributed by atoms with Crippen LogP contribution < -0.4 is 5.32 Å². The topological polar surface area (TPSA) is 84.3 Å². The highest BCUT2D eigenvalue weighted by molar-refractivity contribution is 7.89. The van der Waals surface area contributed by atoms with E-state index in [2.05, 4.69) is 10.4 Å². The van der Waals surface area contributed by atoms with E-state index < -0.39 is 28.3 Å². The molecule has 0 aliphatic rings. The molecule has 182 valence electrons. The molecule has 0 aliphatic heterocycles. The second-order valence-corrected chi connectivity index (χ2v) is 11.4. The predicted molar refractivity (Wildman–Crippen MR) is 132 cm³/mol. The summed E-state index contributed by atoms with van der Waals surface area (Å²) < 4.78 is 41.6. The molecule has 0 unspecified atom stereocenters. The molecule has 1 aromatic heterocycles. The minimum atomic E-state index is -3.99. The molecule has 1 amide bonds. The molecule has 0 radical (unpaired) electrons. The van der Waals surface area contributed by atoms with Gasteiger partial charge in [0.15, 0.2) is 0 Å².